The van der Waals surface area contributed by atoms with E-state index in [1.54, 1.807) is 20.2 Å². The Hall–Kier alpha value is -1.12. The number of nitrogens with zero attached hydrogens (tertiary/aromatic N) is 2. The minimum atomic E-state index is 0.560. The Morgan fingerprint density at radius 3 is 2.45 bits per heavy atom. The van der Waals surface area contributed by atoms with E-state index >= 15 is 0 Å². The Bertz CT molecular complexity index is 192. The van der Waals surface area contributed by atoms with Gasteiger partial charge in [0.15, 0.2) is 0 Å². The van der Waals surface area contributed by atoms with E-state index in [0.29, 0.717) is 5.90 Å². The van der Waals surface area contributed by atoms with Gasteiger partial charge in [-0.1, -0.05) is 6.08 Å². The molecule has 3 nitrogen and oxygen atoms in total. The smallest absolute Gasteiger partial charge is 0.205 e. The summed E-state index contributed by atoms with van der Waals surface area (Å²) in [7, 11) is 1.57. The minimum absolute atomic E-state index is 0.560. The predicted molar refractivity (Wildman–Crippen MR) is 48.0 cm³/mol. The fourth-order valence-corrected chi connectivity index (χ4v) is 0.317. The summed E-state index contributed by atoms with van der Waals surface area (Å²) in [6.45, 7) is 5.66. The van der Waals surface area contributed by atoms with Gasteiger partial charge in [0.25, 0.3) is 0 Å². The van der Waals surface area contributed by atoms with Gasteiger partial charge in [-0.3, -0.25) is 0 Å². The Morgan fingerprint density at radius 2 is 2.00 bits per heavy atom. The molecule has 0 heterocycles. The Balaban J connectivity index is 3.96. The fraction of sp³-hybridized carbons (Fsp3) is 0.500. The molecule has 0 spiro atoms. The molecule has 62 valence electrons. The maximum Gasteiger partial charge on any atom is 0.205 e. The molecule has 0 aromatic carbocycles. The van der Waals surface area contributed by atoms with Crippen molar-refractivity contribution in [3.05, 3.63) is 11.6 Å². The molecule has 0 aliphatic carbocycles. The Morgan fingerprint density at radius 1 is 1.36 bits per heavy atom. The van der Waals surface area contributed by atoms with Crippen LogP contribution in [0.25, 0.3) is 0 Å². The largest absolute Gasteiger partial charge is 0.483 e. The van der Waals surface area contributed by atoms with E-state index in [1.165, 1.54) is 0 Å². The van der Waals surface area contributed by atoms with E-state index in [2.05, 4.69) is 10.2 Å². The molecule has 0 aliphatic rings. The van der Waals surface area contributed by atoms with Crippen LogP contribution in [0, 0.1) is 0 Å². The van der Waals surface area contributed by atoms with Gasteiger partial charge in [-0.25, -0.2) is 0 Å². The molecule has 0 unspecified atom stereocenters. The summed E-state index contributed by atoms with van der Waals surface area (Å²) in [5.74, 6) is 0.560. The summed E-state index contributed by atoms with van der Waals surface area (Å²) in [6.07, 6.45) is 3.64. The highest BCUT2D eigenvalue weighted by molar-refractivity contribution is 5.79. The van der Waals surface area contributed by atoms with Crippen LogP contribution >= 0.6 is 0 Å². The zero-order valence-electron chi connectivity index (χ0n) is 7.46. The highest BCUT2D eigenvalue weighted by atomic mass is 16.5. The van der Waals surface area contributed by atoms with Crippen molar-refractivity contribution in [2.45, 2.75) is 20.8 Å². The molecule has 0 aliphatic heterocycles. The zero-order chi connectivity index (χ0) is 8.69. The quantitative estimate of drug-likeness (QED) is 0.340. The van der Waals surface area contributed by atoms with Crippen LogP contribution in [0.5, 0.6) is 0 Å². The van der Waals surface area contributed by atoms with Crippen molar-refractivity contribution in [1.82, 2.24) is 0 Å². The van der Waals surface area contributed by atoms with Gasteiger partial charge >= 0.3 is 0 Å². The van der Waals surface area contributed by atoms with Crippen molar-refractivity contribution in [2.75, 3.05) is 7.11 Å². The molecule has 0 atom stereocenters. The summed E-state index contributed by atoms with van der Waals surface area (Å²) in [5.41, 5.74) is 1.08. The van der Waals surface area contributed by atoms with Crippen molar-refractivity contribution in [3.8, 4) is 0 Å². The predicted octanol–water partition coefficient (Wildman–Crippen LogP) is 2.00. The fourth-order valence-electron chi connectivity index (χ4n) is 0.317. The summed E-state index contributed by atoms with van der Waals surface area (Å²) in [5, 5.41) is 7.54. The topological polar surface area (TPSA) is 34.0 Å². The molecule has 0 saturated heterocycles. The molecule has 0 rings (SSSR count). The van der Waals surface area contributed by atoms with Crippen LogP contribution in [0.1, 0.15) is 20.8 Å². The molecule has 3 heteroatoms. The first-order chi connectivity index (χ1) is 5.20. The molecule has 0 aromatic rings. The van der Waals surface area contributed by atoms with Gasteiger partial charge in [0, 0.05) is 6.92 Å². The number of rotatable bonds is 2. The van der Waals surface area contributed by atoms with Crippen LogP contribution in [-0.2, 0) is 4.74 Å². The zero-order valence-corrected chi connectivity index (χ0v) is 7.46. The third-order valence-electron chi connectivity index (χ3n) is 1.21. The lowest BCUT2D eigenvalue weighted by molar-refractivity contribution is 0.398. The summed E-state index contributed by atoms with van der Waals surface area (Å²) in [4.78, 5) is 0. The molecule has 0 saturated carbocycles. The third-order valence-corrected chi connectivity index (χ3v) is 1.21. The maximum absolute atomic E-state index is 4.78. The number of allylic oxidation sites excluding steroid dienone is 2. The van der Waals surface area contributed by atoms with Gasteiger partial charge in [0.2, 0.25) is 5.90 Å². The van der Waals surface area contributed by atoms with Crippen LogP contribution in [0.4, 0.5) is 0 Å². The lowest BCUT2D eigenvalue weighted by Gasteiger charge is -1.91. The van der Waals surface area contributed by atoms with Gasteiger partial charge in [-0.05, 0) is 19.4 Å². The SMILES string of the molecule is C/C=C(C)/C=N\N=C(\C)OC. The van der Waals surface area contributed by atoms with Gasteiger partial charge in [0.1, 0.15) is 0 Å². The average Bonchev–Trinajstić information content (AvgIpc) is 2.04. The molecule has 0 N–H and O–H groups in total. The van der Waals surface area contributed by atoms with Crippen LogP contribution in [0.2, 0.25) is 0 Å². The first-order valence-corrected chi connectivity index (χ1v) is 3.45. The van der Waals surface area contributed by atoms with Crippen molar-refractivity contribution in [1.29, 1.82) is 0 Å². The second kappa shape index (κ2) is 5.65. The highest BCUT2D eigenvalue weighted by Gasteiger charge is 1.81. The maximum atomic E-state index is 4.78. The number of ether oxygens (including phenoxy) is 1. The second-order valence-corrected chi connectivity index (χ2v) is 2.10. The van der Waals surface area contributed by atoms with Crippen LogP contribution in [0.3, 0.4) is 0 Å². The van der Waals surface area contributed by atoms with E-state index in [1.807, 2.05) is 19.9 Å². The second-order valence-electron chi connectivity index (χ2n) is 2.10. The molecule has 0 fully saturated rings. The van der Waals surface area contributed by atoms with Crippen LogP contribution < -0.4 is 0 Å². The summed E-state index contributed by atoms with van der Waals surface area (Å²) >= 11 is 0. The van der Waals surface area contributed by atoms with E-state index in [4.69, 9.17) is 4.74 Å². The van der Waals surface area contributed by atoms with Crippen LogP contribution in [-0.4, -0.2) is 19.2 Å². The van der Waals surface area contributed by atoms with Gasteiger partial charge in [-0.2, -0.15) is 5.10 Å². The highest BCUT2D eigenvalue weighted by Crippen LogP contribution is 1.87. The monoisotopic (exact) mass is 154 g/mol. The molecule has 11 heavy (non-hydrogen) atoms. The number of hydrogen-bond donors (Lipinski definition) is 0. The molecule has 0 amide bonds. The van der Waals surface area contributed by atoms with E-state index < -0.39 is 0 Å². The lowest BCUT2D eigenvalue weighted by atomic mass is 10.3. The van der Waals surface area contributed by atoms with E-state index in [-0.39, 0.29) is 0 Å². The van der Waals surface area contributed by atoms with Gasteiger partial charge < -0.3 is 4.74 Å². The number of methoxy groups -OCH3 is 1. The average molecular weight is 154 g/mol. The molecule has 0 radical (unpaired) electrons. The third kappa shape index (κ3) is 5.33. The van der Waals surface area contributed by atoms with Crippen molar-refractivity contribution in [3.63, 3.8) is 0 Å². The molecular weight excluding hydrogens is 140 g/mol. The Kier molecular flexibility index (Phi) is 5.07. The van der Waals surface area contributed by atoms with Gasteiger partial charge in [-0.15, -0.1) is 5.10 Å². The first kappa shape index (κ1) is 9.88. The van der Waals surface area contributed by atoms with Crippen molar-refractivity contribution >= 4 is 12.1 Å². The van der Waals surface area contributed by atoms with Crippen molar-refractivity contribution < 1.29 is 4.74 Å². The standard InChI is InChI=1S/C8H14N2O/c1-5-7(2)6-9-10-8(3)11-4/h5-6H,1-4H3/b7-5+,9-6-,10-8-. The van der Waals surface area contributed by atoms with Gasteiger partial charge in [0.05, 0.1) is 13.3 Å². The molecule has 0 bridgehead atoms. The lowest BCUT2D eigenvalue weighted by Crippen LogP contribution is -1.91. The summed E-state index contributed by atoms with van der Waals surface area (Å²) in [6, 6.07) is 0. The molecular formula is C8H14N2O. The van der Waals surface area contributed by atoms with E-state index in [9.17, 15) is 0 Å². The number of hydrogen-bond acceptors (Lipinski definition) is 3. The van der Waals surface area contributed by atoms with E-state index in [0.717, 1.165) is 5.57 Å². The normalized spacial score (nSPS) is 14.2. The minimum Gasteiger partial charge on any atom is -0.483 e. The molecule has 0 aromatic heterocycles. The van der Waals surface area contributed by atoms with Crippen LogP contribution in [0.15, 0.2) is 21.9 Å². The van der Waals surface area contributed by atoms with Crippen molar-refractivity contribution in [2.24, 2.45) is 10.2 Å². The first-order valence-electron chi connectivity index (χ1n) is 3.45. The Labute approximate surface area is 67.5 Å². The summed E-state index contributed by atoms with van der Waals surface area (Å²) < 4.78 is 4.78.